The van der Waals surface area contributed by atoms with Crippen molar-refractivity contribution in [2.75, 3.05) is 38.8 Å². The van der Waals surface area contributed by atoms with E-state index in [9.17, 15) is 34.8 Å². The van der Waals surface area contributed by atoms with Crippen LogP contribution in [-0.2, 0) is 16.0 Å². The Bertz CT molecular complexity index is 1680. The lowest BCUT2D eigenvalue weighted by Gasteiger charge is -2.50. The highest BCUT2D eigenvalue weighted by Gasteiger charge is 2.63. The van der Waals surface area contributed by atoms with Gasteiger partial charge in [0, 0.05) is 42.5 Å². The van der Waals surface area contributed by atoms with Crippen molar-refractivity contribution in [1.29, 1.82) is 0 Å². The average Bonchev–Trinajstić information content (AvgIpc) is 2.90. The number of nitrogens with two attached hydrogens (primary N) is 2. The van der Waals surface area contributed by atoms with Gasteiger partial charge in [0.15, 0.2) is 11.4 Å². The normalized spacial score (nSPS) is 25.0. The Morgan fingerprint density at radius 2 is 1.69 bits per heavy atom. The highest BCUT2D eigenvalue weighted by atomic mass is 16.3. The number of aromatic hydroxyl groups is 1. The maximum Gasteiger partial charge on any atom is 0.255 e. The number of phenols is 1. The molecule has 2 aromatic rings. The first-order valence-corrected chi connectivity index (χ1v) is 13.3. The molecule has 0 radical (unpaired) electrons. The third-order valence-corrected chi connectivity index (χ3v) is 8.43. The number of hydrogen-bond donors (Lipinski definition) is 6. The number of likely N-dealkylation sites (N-methyl/N-ethyl adjacent to an activating group) is 1. The number of fused-ring (bicyclic) bond motifs is 3. The van der Waals surface area contributed by atoms with Gasteiger partial charge in [0.2, 0.25) is 5.78 Å². The van der Waals surface area contributed by atoms with Crippen LogP contribution >= 0.6 is 0 Å². The van der Waals surface area contributed by atoms with E-state index in [1.54, 1.807) is 63.4 Å². The van der Waals surface area contributed by atoms with Gasteiger partial charge >= 0.3 is 0 Å². The Kier molecular flexibility index (Phi) is 6.80. The fourth-order valence-electron chi connectivity index (χ4n) is 6.50. The lowest BCUT2D eigenvalue weighted by molar-refractivity contribution is -0.148. The van der Waals surface area contributed by atoms with Crippen LogP contribution in [0.25, 0.3) is 0 Å². The number of amides is 1. The van der Waals surface area contributed by atoms with Gasteiger partial charge in [-0.05, 0) is 68.8 Å². The maximum absolute atomic E-state index is 14.1. The van der Waals surface area contributed by atoms with Crippen molar-refractivity contribution in [1.82, 2.24) is 4.90 Å². The molecule has 3 aliphatic carbocycles. The predicted molar refractivity (Wildman–Crippen MR) is 155 cm³/mol. The minimum Gasteiger partial charge on any atom is -0.510 e. The summed E-state index contributed by atoms with van der Waals surface area (Å²) in [5.41, 5.74) is 9.79. The van der Waals surface area contributed by atoms with Gasteiger partial charge in [0.1, 0.15) is 22.8 Å². The molecular weight excluding hydrogens is 540 g/mol. The summed E-state index contributed by atoms with van der Waals surface area (Å²) >= 11 is 0. The zero-order valence-electron chi connectivity index (χ0n) is 23.6. The Morgan fingerprint density at radius 1 is 1.05 bits per heavy atom. The van der Waals surface area contributed by atoms with Gasteiger partial charge in [0.05, 0.1) is 17.2 Å². The molecule has 8 N–H and O–H groups in total. The summed E-state index contributed by atoms with van der Waals surface area (Å²) < 4.78 is 0. The summed E-state index contributed by atoms with van der Waals surface area (Å²) in [5, 5.41) is 45.5. The number of aliphatic hydroxyl groups is 3. The van der Waals surface area contributed by atoms with Crippen molar-refractivity contribution in [3.63, 3.8) is 0 Å². The van der Waals surface area contributed by atoms with Gasteiger partial charge in [-0.2, -0.15) is 0 Å². The van der Waals surface area contributed by atoms with Crippen LogP contribution in [0.4, 0.5) is 11.4 Å². The molecule has 0 heterocycles. The van der Waals surface area contributed by atoms with Crippen molar-refractivity contribution in [3.05, 3.63) is 75.3 Å². The molecule has 5 rings (SSSR count). The molecular formula is C31H32N4O7. The largest absolute Gasteiger partial charge is 0.510 e. The Labute approximate surface area is 242 Å². The van der Waals surface area contributed by atoms with Crippen molar-refractivity contribution in [3.8, 4) is 17.6 Å². The molecule has 42 heavy (non-hydrogen) atoms. The molecule has 4 atom stereocenters. The average molecular weight is 573 g/mol. The lowest BCUT2D eigenvalue weighted by atomic mass is 9.58. The third kappa shape index (κ3) is 4.10. The lowest BCUT2D eigenvalue weighted by Crippen LogP contribution is -2.63. The predicted octanol–water partition coefficient (Wildman–Crippen LogP) is 1.17. The summed E-state index contributed by atoms with van der Waals surface area (Å²) in [5.74, 6) is -1.14. The summed E-state index contributed by atoms with van der Waals surface area (Å²) in [7, 11) is 6.74. The topological polar surface area (TPSA) is 191 Å². The van der Waals surface area contributed by atoms with Crippen molar-refractivity contribution < 1.29 is 34.8 Å². The molecule has 0 aromatic heterocycles. The molecule has 0 saturated heterocycles. The molecule has 0 spiro atoms. The van der Waals surface area contributed by atoms with Crippen LogP contribution in [0.1, 0.15) is 33.5 Å². The fourth-order valence-corrected chi connectivity index (χ4v) is 6.50. The summed E-state index contributed by atoms with van der Waals surface area (Å²) in [4.78, 5) is 43.0. The number of carbonyl (C=O) groups is 3. The van der Waals surface area contributed by atoms with Crippen molar-refractivity contribution >= 4 is 28.8 Å². The second-order valence-corrected chi connectivity index (χ2v) is 11.4. The molecule has 1 amide bonds. The summed E-state index contributed by atoms with van der Waals surface area (Å²) in [6, 6.07) is 7.44. The molecule has 0 unspecified atom stereocenters. The summed E-state index contributed by atoms with van der Waals surface area (Å²) in [6.07, 6.45) is 0.194. The standard InChI is InChI=1S/C31H32N4O7/c1-34(2)20-13-15(8-5-14-6-9-17(32)10-7-14)25(36)22-18(20)11-16-12-19-24(35(3)4)27(38)23(30(33)41)29(40)31(19,42)28(39)21(16)26(22)37/h6-7,9-10,13,16,19,24,36,38-39,42H,11-12,32H2,1-4H3,(H2,33,41)/t16-,19-,24-,31-/m1/s1. The molecule has 0 fully saturated rings. The van der Waals surface area contributed by atoms with Crippen LogP contribution in [0.3, 0.4) is 0 Å². The number of rotatable bonds is 3. The van der Waals surface area contributed by atoms with E-state index in [1.807, 2.05) is 0 Å². The van der Waals surface area contributed by atoms with E-state index in [4.69, 9.17) is 11.5 Å². The van der Waals surface area contributed by atoms with Gasteiger partial charge in [-0.1, -0.05) is 11.8 Å². The number of anilines is 2. The highest BCUT2D eigenvalue weighted by Crippen LogP contribution is 2.53. The zero-order valence-corrected chi connectivity index (χ0v) is 23.6. The van der Waals surface area contributed by atoms with Crippen LogP contribution < -0.4 is 16.4 Å². The van der Waals surface area contributed by atoms with Crippen LogP contribution in [0, 0.1) is 23.7 Å². The fraction of sp³-hybridized carbons (Fsp3) is 0.323. The number of ketones is 2. The van der Waals surface area contributed by atoms with Gasteiger partial charge < -0.3 is 36.8 Å². The van der Waals surface area contributed by atoms with Gasteiger partial charge in [-0.15, -0.1) is 0 Å². The second-order valence-electron chi connectivity index (χ2n) is 11.4. The monoisotopic (exact) mass is 572 g/mol. The number of primary amides is 1. The molecule has 11 heteroatoms. The van der Waals surface area contributed by atoms with E-state index in [0.717, 1.165) is 0 Å². The van der Waals surface area contributed by atoms with Crippen LogP contribution in [0.5, 0.6) is 5.75 Å². The highest BCUT2D eigenvalue weighted by molar-refractivity contribution is 6.25. The van der Waals surface area contributed by atoms with Crippen LogP contribution in [0.15, 0.2) is 53.0 Å². The minimum atomic E-state index is -2.70. The van der Waals surface area contributed by atoms with Gasteiger partial charge in [0.25, 0.3) is 5.91 Å². The van der Waals surface area contributed by atoms with Crippen molar-refractivity contribution in [2.24, 2.45) is 17.6 Å². The first kappa shape index (κ1) is 28.7. The minimum absolute atomic E-state index is 0.0120. The van der Waals surface area contributed by atoms with E-state index in [1.165, 1.54) is 4.90 Å². The number of allylic oxidation sites excluding steroid dienone is 1. The Balaban J connectivity index is 1.70. The van der Waals surface area contributed by atoms with E-state index >= 15 is 0 Å². The molecule has 2 aromatic carbocycles. The van der Waals surface area contributed by atoms with Gasteiger partial charge in [-0.25, -0.2) is 0 Å². The van der Waals surface area contributed by atoms with Gasteiger partial charge in [-0.3, -0.25) is 19.3 Å². The van der Waals surface area contributed by atoms with E-state index in [0.29, 0.717) is 22.5 Å². The molecule has 11 nitrogen and oxygen atoms in total. The van der Waals surface area contributed by atoms with Crippen LogP contribution in [0.2, 0.25) is 0 Å². The van der Waals surface area contributed by atoms with Crippen LogP contribution in [-0.4, -0.2) is 82.6 Å². The molecule has 3 aliphatic rings. The first-order valence-electron chi connectivity index (χ1n) is 13.3. The number of nitrogen functional groups attached to an aromatic ring is 1. The number of benzene rings is 2. The van der Waals surface area contributed by atoms with E-state index < -0.39 is 63.8 Å². The van der Waals surface area contributed by atoms with E-state index in [2.05, 4.69) is 11.8 Å². The number of carbonyl (C=O) groups excluding carboxylic acids is 3. The smallest absolute Gasteiger partial charge is 0.255 e. The molecule has 0 aliphatic heterocycles. The molecule has 0 saturated carbocycles. The summed E-state index contributed by atoms with van der Waals surface area (Å²) in [6.45, 7) is 0. The number of Topliss-reactive ketones (excluding diaryl/α,β-unsaturated/α-hetero) is 2. The zero-order chi connectivity index (χ0) is 30.8. The number of hydrogen-bond acceptors (Lipinski definition) is 10. The molecule has 218 valence electrons. The van der Waals surface area contributed by atoms with E-state index in [-0.39, 0.29) is 29.5 Å². The Hall–Kier alpha value is -4.79. The third-order valence-electron chi connectivity index (χ3n) is 8.43. The number of aliphatic hydroxyl groups excluding tert-OH is 2. The van der Waals surface area contributed by atoms with Crippen molar-refractivity contribution in [2.45, 2.75) is 24.5 Å². The number of nitrogens with zero attached hydrogens (tertiary/aromatic N) is 2. The SMILES string of the molecule is CN(C)c1cc(C#Cc2ccc(N)cc2)c(O)c2c1C[C@@H]1C[C@@H]3[C@@H](N(C)C)C(O)=C(C(N)=O)C(=O)[C@]3(O)C(O)=C1C2=O. The first-order chi connectivity index (χ1) is 19.7. The maximum atomic E-state index is 14.1. The quantitative estimate of drug-likeness (QED) is 0.177. The second kappa shape index (κ2) is 9.94. The Morgan fingerprint density at radius 3 is 2.26 bits per heavy atom. The molecule has 0 bridgehead atoms. The number of phenolic OH excluding ortho intramolecular Hbond substituents is 1.